The normalized spacial score (nSPS) is 24.1. The van der Waals surface area contributed by atoms with Crippen LogP contribution in [-0.2, 0) is 15.7 Å². The number of aromatic nitrogens is 1. The zero-order valence-electron chi connectivity index (χ0n) is 12.6. The number of nitrogens with zero attached hydrogens (tertiary/aromatic N) is 1. The fraction of sp³-hybridized carbons (Fsp3) is 0.667. The highest BCUT2D eigenvalue weighted by atomic mass is 19.1. The van der Waals surface area contributed by atoms with Crippen LogP contribution >= 0.6 is 0 Å². The van der Waals surface area contributed by atoms with Crippen molar-refractivity contribution in [2.45, 2.75) is 58.2 Å². The third-order valence-corrected chi connectivity index (χ3v) is 4.65. The smallest absolute Gasteiger partial charge is 0.398 e. The van der Waals surface area contributed by atoms with E-state index in [0.29, 0.717) is 17.1 Å². The third kappa shape index (κ3) is 2.49. The molecule has 20 heavy (non-hydrogen) atoms. The lowest BCUT2D eigenvalue weighted by Gasteiger charge is -2.32. The van der Waals surface area contributed by atoms with Crippen molar-refractivity contribution >= 4 is 12.7 Å². The second-order valence-corrected chi connectivity index (χ2v) is 6.94. The zero-order chi connectivity index (χ0) is 14.5. The van der Waals surface area contributed by atoms with Gasteiger partial charge in [-0.15, -0.1) is 0 Å². The maximum absolute atomic E-state index is 14.1. The van der Waals surface area contributed by atoms with Gasteiger partial charge in [-0.2, -0.15) is 0 Å². The van der Waals surface area contributed by atoms with E-state index in [1.807, 2.05) is 27.7 Å². The lowest BCUT2D eigenvalue weighted by molar-refractivity contribution is 0.00578. The van der Waals surface area contributed by atoms with Gasteiger partial charge in [0.05, 0.1) is 16.8 Å². The monoisotopic (exact) mass is 277 g/mol. The van der Waals surface area contributed by atoms with Crippen molar-refractivity contribution in [3.05, 3.63) is 23.6 Å². The van der Waals surface area contributed by atoms with Gasteiger partial charge in [0.2, 0.25) is 0 Å². The summed E-state index contributed by atoms with van der Waals surface area (Å²) < 4.78 is 25.9. The number of hydrogen-bond donors (Lipinski definition) is 0. The largest absolute Gasteiger partial charge is 0.514 e. The molecular weight excluding hydrogens is 256 g/mol. The highest BCUT2D eigenvalue weighted by Crippen LogP contribution is 2.36. The summed E-state index contributed by atoms with van der Waals surface area (Å²) in [5.74, 6) is 0.450. The fourth-order valence-corrected chi connectivity index (χ4v) is 2.35. The van der Waals surface area contributed by atoms with Crippen LogP contribution in [-0.4, -0.2) is 23.3 Å². The molecule has 3 rings (SSSR count). The molecule has 1 aromatic rings. The van der Waals surface area contributed by atoms with Crippen LogP contribution in [0.3, 0.4) is 0 Å². The molecule has 0 atom stereocenters. The van der Waals surface area contributed by atoms with Crippen molar-refractivity contribution in [3.63, 3.8) is 0 Å². The Morgan fingerprint density at radius 2 is 1.85 bits per heavy atom. The second kappa shape index (κ2) is 4.53. The molecular formula is C15H21BFNO2. The predicted octanol–water partition coefficient (Wildman–Crippen LogP) is 2.47. The van der Waals surface area contributed by atoms with E-state index < -0.39 is 18.3 Å². The lowest BCUT2D eigenvalue weighted by atomic mass is 9.84. The number of rotatable bonds is 3. The Morgan fingerprint density at radius 3 is 2.35 bits per heavy atom. The Labute approximate surface area is 120 Å². The van der Waals surface area contributed by atoms with Crippen LogP contribution in [0.4, 0.5) is 4.39 Å². The fourth-order valence-electron chi connectivity index (χ4n) is 2.35. The molecule has 2 heterocycles. The molecule has 1 aromatic heterocycles. The first kappa shape index (κ1) is 14.0. The molecule has 1 aliphatic heterocycles. The number of hydrogen-bond acceptors (Lipinski definition) is 3. The van der Waals surface area contributed by atoms with Gasteiger partial charge >= 0.3 is 7.12 Å². The van der Waals surface area contributed by atoms with Crippen LogP contribution in [0, 0.1) is 11.7 Å². The van der Waals surface area contributed by atoms with E-state index in [4.69, 9.17) is 9.31 Å². The first-order chi connectivity index (χ1) is 9.28. The molecule has 0 bridgehead atoms. The van der Waals surface area contributed by atoms with Gasteiger partial charge in [-0.1, -0.05) is 0 Å². The quantitative estimate of drug-likeness (QED) is 0.795. The van der Waals surface area contributed by atoms with Crippen LogP contribution in [0.25, 0.3) is 0 Å². The van der Waals surface area contributed by atoms with Gasteiger partial charge in [-0.25, -0.2) is 4.39 Å². The van der Waals surface area contributed by atoms with Crippen molar-refractivity contribution in [2.24, 2.45) is 5.92 Å². The van der Waals surface area contributed by atoms with Crippen molar-refractivity contribution in [3.8, 4) is 0 Å². The first-order valence-corrected chi connectivity index (χ1v) is 7.28. The summed E-state index contributed by atoms with van der Waals surface area (Å²) in [5.41, 5.74) is 0.360. The first-order valence-electron chi connectivity index (χ1n) is 7.28. The Balaban J connectivity index is 1.79. The maximum atomic E-state index is 14.1. The van der Waals surface area contributed by atoms with Crippen LogP contribution in [0.2, 0.25) is 0 Å². The molecule has 0 radical (unpaired) electrons. The topological polar surface area (TPSA) is 31.4 Å². The Morgan fingerprint density at radius 1 is 1.25 bits per heavy atom. The summed E-state index contributed by atoms with van der Waals surface area (Å²) in [7, 11) is -0.593. The van der Waals surface area contributed by atoms with Gasteiger partial charge in [0.15, 0.2) is 0 Å². The van der Waals surface area contributed by atoms with Crippen molar-refractivity contribution in [1.82, 2.24) is 4.98 Å². The molecule has 3 nitrogen and oxygen atoms in total. The molecule has 0 N–H and O–H groups in total. The molecule has 0 amide bonds. The standard InChI is InChI=1S/C15H21BFNO2/c1-14(2)15(3,4)20-16(19-14)13-8-12(17)11(9-18-13)7-10-5-6-10/h8-10H,5-7H2,1-4H3. The summed E-state index contributed by atoms with van der Waals surface area (Å²) in [6.45, 7) is 7.91. The molecule has 5 heteroatoms. The molecule has 0 aromatic carbocycles. The maximum Gasteiger partial charge on any atom is 0.514 e. The molecule has 1 saturated carbocycles. The van der Waals surface area contributed by atoms with Gasteiger partial charge in [0.25, 0.3) is 0 Å². The van der Waals surface area contributed by atoms with Gasteiger partial charge in [0.1, 0.15) is 5.82 Å². The van der Waals surface area contributed by atoms with Crippen LogP contribution in [0.5, 0.6) is 0 Å². The second-order valence-electron chi connectivity index (χ2n) is 6.94. The van der Waals surface area contributed by atoms with Crippen LogP contribution in [0.1, 0.15) is 46.1 Å². The van der Waals surface area contributed by atoms with E-state index >= 15 is 0 Å². The van der Waals surface area contributed by atoms with Crippen molar-refractivity contribution in [1.29, 1.82) is 0 Å². The highest BCUT2D eigenvalue weighted by molar-refractivity contribution is 6.61. The molecule has 0 unspecified atom stereocenters. The molecule has 2 fully saturated rings. The summed E-state index contributed by atoms with van der Waals surface area (Å²) in [4.78, 5) is 4.34. The van der Waals surface area contributed by atoms with Gasteiger partial charge in [0, 0.05) is 11.8 Å². The Kier molecular flexibility index (Phi) is 3.18. The van der Waals surface area contributed by atoms with Gasteiger partial charge < -0.3 is 9.31 Å². The van der Waals surface area contributed by atoms with Crippen molar-refractivity contribution in [2.75, 3.05) is 0 Å². The average molecular weight is 277 g/mol. The van der Waals surface area contributed by atoms with E-state index in [0.717, 1.165) is 6.42 Å². The van der Waals surface area contributed by atoms with E-state index in [9.17, 15) is 4.39 Å². The molecule has 1 aliphatic carbocycles. The van der Waals surface area contributed by atoms with Gasteiger partial charge in [-0.05, 0) is 58.9 Å². The number of pyridine rings is 1. The summed E-state index contributed by atoms with van der Waals surface area (Å²) in [5, 5.41) is 0. The minimum absolute atomic E-state index is 0.198. The zero-order valence-corrected chi connectivity index (χ0v) is 12.6. The van der Waals surface area contributed by atoms with E-state index in [-0.39, 0.29) is 5.82 Å². The average Bonchev–Trinajstić information content (AvgIpc) is 3.10. The third-order valence-electron chi connectivity index (χ3n) is 4.65. The minimum Gasteiger partial charge on any atom is -0.398 e. The SMILES string of the molecule is CC1(C)OB(c2cc(F)c(CC3CC3)cn2)OC1(C)C. The molecule has 1 saturated heterocycles. The Bertz CT molecular complexity index is 513. The van der Waals surface area contributed by atoms with Crippen LogP contribution in [0.15, 0.2) is 12.3 Å². The van der Waals surface area contributed by atoms with Gasteiger partial charge in [-0.3, -0.25) is 4.98 Å². The van der Waals surface area contributed by atoms with Crippen LogP contribution < -0.4 is 5.59 Å². The summed E-state index contributed by atoms with van der Waals surface area (Å²) in [6.07, 6.45) is 4.84. The van der Waals surface area contributed by atoms with E-state index in [2.05, 4.69) is 4.98 Å². The van der Waals surface area contributed by atoms with E-state index in [1.54, 1.807) is 6.20 Å². The molecule has 2 aliphatic rings. The summed E-state index contributed by atoms with van der Waals surface area (Å²) >= 11 is 0. The predicted molar refractivity (Wildman–Crippen MR) is 76.3 cm³/mol. The minimum atomic E-state index is -0.593. The molecule has 0 spiro atoms. The van der Waals surface area contributed by atoms with Crippen molar-refractivity contribution < 1.29 is 13.7 Å². The van der Waals surface area contributed by atoms with E-state index in [1.165, 1.54) is 18.9 Å². The lowest BCUT2D eigenvalue weighted by Crippen LogP contribution is -2.41. The summed E-state index contributed by atoms with van der Waals surface area (Å²) in [6, 6.07) is 1.46. The Hall–Kier alpha value is -0.935. The molecule has 108 valence electrons. The number of halogens is 1. The highest BCUT2D eigenvalue weighted by Gasteiger charge is 2.52.